The van der Waals surface area contributed by atoms with E-state index in [0.717, 1.165) is 32.5 Å². The van der Waals surface area contributed by atoms with Crippen molar-refractivity contribution in [3.8, 4) is 0 Å². The molecule has 1 aliphatic rings. The van der Waals surface area contributed by atoms with Crippen LogP contribution in [-0.4, -0.2) is 32.3 Å². The molecule has 3 nitrogen and oxygen atoms in total. The molecule has 1 unspecified atom stereocenters. The number of benzene rings is 1. The zero-order chi connectivity index (χ0) is 13.0. The average molecular weight is 248 g/mol. The van der Waals surface area contributed by atoms with Crippen LogP contribution in [-0.2, 0) is 4.74 Å². The molecule has 1 saturated heterocycles. The van der Waals surface area contributed by atoms with Gasteiger partial charge in [0.05, 0.1) is 5.54 Å². The number of anilines is 1. The van der Waals surface area contributed by atoms with Gasteiger partial charge in [0, 0.05) is 32.5 Å². The zero-order valence-corrected chi connectivity index (χ0v) is 11.5. The topological polar surface area (TPSA) is 38.5 Å². The molecule has 1 aromatic carbocycles. The number of nitrogens with two attached hydrogens (primary N) is 1. The molecule has 0 radical (unpaired) electrons. The summed E-state index contributed by atoms with van der Waals surface area (Å²) in [5, 5.41) is 0. The van der Waals surface area contributed by atoms with E-state index in [2.05, 4.69) is 43.1 Å². The van der Waals surface area contributed by atoms with Crippen molar-refractivity contribution >= 4 is 5.69 Å². The Kier molecular flexibility index (Phi) is 4.25. The van der Waals surface area contributed by atoms with Crippen molar-refractivity contribution in [1.29, 1.82) is 0 Å². The lowest BCUT2D eigenvalue weighted by molar-refractivity contribution is 0.139. The standard InChI is InChI=1S/C15H24N2O/c1-13-5-3-6-14(11-13)17(2)15(12-16)7-4-9-18-10-8-15/h3,5-6,11H,4,7-10,12,16H2,1-2H3. The quantitative estimate of drug-likeness (QED) is 0.892. The molecule has 1 aliphatic heterocycles. The third-order valence-corrected chi connectivity index (χ3v) is 4.12. The highest BCUT2D eigenvalue weighted by molar-refractivity contribution is 5.50. The van der Waals surface area contributed by atoms with Crippen molar-refractivity contribution in [3.63, 3.8) is 0 Å². The fraction of sp³-hybridized carbons (Fsp3) is 0.600. The Morgan fingerprint density at radius 3 is 2.89 bits per heavy atom. The van der Waals surface area contributed by atoms with E-state index in [1.807, 2.05) is 0 Å². The summed E-state index contributed by atoms with van der Waals surface area (Å²) in [6.45, 7) is 4.49. The van der Waals surface area contributed by atoms with E-state index in [-0.39, 0.29) is 5.54 Å². The van der Waals surface area contributed by atoms with Crippen LogP contribution >= 0.6 is 0 Å². The van der Waals surface area contributed by atoms with Gasteiger partial charge in [0.1, 0.15) is 0 Å². The molecule has 1 fully saturated rings. The molecule has 18 heavy (non-hydrogen) atoms. The van der Waals surface area contributed by atoms with Gasteiger partial charge in [-0.05, 0) is 43.9 Å². The Bertz CT molecular complexity index is 384. The highest BCUT2D eigenvalue weighted by Gasteiger charge is 2.34. The third kappa shape index (κ3) is 2.68. The highest BCUT2D eigenvalue weighted by atomic mass is 16.5. The Labute approximate surface area is 110 Å². The van der Waals surface area contributed by atoms with E-state index in [9.17, 15) is 0 Å². The van der Waals surface area contributed by atoms with E-state index in [0.29, 0.717) is 6.54 Å². The predicted molar refractivity (Wildman–Crippen MR) is 76.0 cm³/mol. The largest absolute Gasteiger partial charge is 0.381 e. The zero-order valence-electron chi connectivity index (χ0n) is 11.5. The fourth-order valence-electron chi connectivity index (χ4n) is 2.78. The first-order valence-corrected chi connectivity index (χ1v) is 6.76. The Balaban J connectivity index is 2.25. The van der Waals surface area contributed by atoms with Crippen LogP contribution in [0.3, 0.4) is 0 Å². The molecule has 3 heteroatoms. The monoisotopic (exact) mass is 248 g/mol. The van der Waals surface area contributed by atoms with Crippen molar-refractivity contribution in [3.05, 3.63) is 29.8 Å². The molecule has 1 atom stereocenters. The molecule has 100 valence electrons. The summed E-state index contributed by atoms with van der Waals surface area (Å²) in [6, 6.07) is 8.63. The van der Waals surface area contributed by atoms with Crippen LogP contribution in [0.5, 0.6) is 0 Å². The van der Waals surface area contributed by atoms with Gasteiger partial charge in [0.15, 0.2) is 0 Å². The van der Waals surface area contributed by atoms with Crippen molar-refractivity contribution in [2.24, 2.45) is 5.73 Å². The van der Waals surface area contributed by atoms with Crippen LogP contribution < -0.4 is 10.6 Å². The number of hydrogen-bond donors (Lipinski definition) is 1. The molecule has 1 heterocycles. The molecule has 0 saturated carbocycles. The minimum absolute atomic E-state index is 0.0459. The normalized spacial score (nSPS) is 24.6. The van der Waals surface area contributed by atoms with E-state index in [1.165, 1.54) is 11.3 Å². The van der Waals surface area contributed by atoms with Crippen molar-refractivity contribution in [2.75, 3.05) is 31.7 Å². The highest BCUT2D eigenvalue weighted by Crippen LogP contribution is 2.31. The minimum atomic E-state index is 0.0459. The second-order valence-electron chi connectivity index (χ2n) is 5.29. The number of rotatable bonds is 3. The van der Waals surface area contributed by atoms with Gasteiger partial charge in [-0.15, -0.1) is 0 Å². The smallest absolute Gasteiger partial charge is 0.0543 e. The maximum atomic E-state index is 6.09. The van der Waals surface area contributed by atoms with Crippen molar-refractivity contribution in [1.82, 2.24) is 0 Å². The molecule has 2 N–H and O–H groups in total. The van der Waals surface area contributed by atoms with Gasteiger partial charge in [0.2, 0.25) is 0 Å². The first kappa shape index (κ1) is 13.4. The van der Waals surface area contributed by atoms with Gasteiger partial charge in [-0.3, -0.25) is 0 Å². The summed E-state index contributed by atoms with van der Waals surface area (Å²) in [5.74, 6) is 0. The summed E-state index contributed by atoms with van der Waals surface area (Å²) >= 11 is 0. The second kappa shape index (κ2) is 5.72. The van der Waals surface area contributed by atoms with Crippen molar-refractivity contribution < 1.29 is 4.74 Å². The van der Waals surface area contributed by atoms with Gasteiger partial charge < -0.3 is 15.4 Å². The maximum absolute atomic E-state index is 6.09. The lowest BCUT2D eigenvalue weighted by Crippen LogP contribution is -2.52. The summed E-state index contributed by atoms with van der Waals surface area (Å²) in [7, 11) is 2.16. The fourth-order valence-corrected chi connectivity index (χ4v) is 2.78. The molecular formula is C15H24N2O. The average Bonchev–Trinajstić information content (AvgIpc) is 2.64. The first-order valence-electron chi connectivity index (χ1n) is 6.76. The van der Waals surface area contributed by atoms with Crippen LogP contribution in [0.25, 0.3) is 0 Å². The number of ether oxygens (including phenoxy) is 1. The lowest BCUT2D eigenvalue weighted by Gasteiger charge is -2.42. The van der Waals surface area contributed by atoms with Gasteiger partial charge in [-0.2, -0.15) is 0 Å². The van der Waals surface area contributed by atoms with Crippen LogP contribution in [0.2, 0.25) is 0 Å². The summed E-state index contributed by atoms with van der Waals surface area (Å²) in [6.07, 6.45) is 3.20. The van der Waals surface area contributed by atoms with Gasteiger partial charge in [-0.25, -0.2) is 0 Å². The van der Waals surface area contributed by atoms with E-state index in [1.54, 1.807) is 0 Å². The predicted octanol–water partition coefficient (Wildman–Crippen LogP) is 2.33. The maximum Gasteiger partial charge on any atom is 0.0543 e. The SMILES string of the molecule is Cc1cccc(N(C)C2(CN)CCCOCC2)c1. The number of hydrogen-bond acceptors (Lipinski definition) is 3. The van der Waals surface area contributed by atoms with Crippen LogP contribution in [0, 0.1) is 6.92 Å². The van der Waals surface area contributed by atoms with Gasteiger partial charge in [0.25, 0.3) is 0 Å². The first-order chi connectivity index (χ1) is 8.68. The second-order valence-corrected chi connectivity index (χ2v) is 5.29. The molecule has 0 spiro atoms. The number of nitrogens with zero attached hydrogens (tertiary/aromatic N) is 1. The molecule has 0 aromatic heterocycles. The summed E-state index contributed by atoms with van der Waals surface area (Å²) in [4.78, 5) is 2.36. The Hall–Kier alpha value is -1.06. The van der Waals surface area contributed by atoms with Crippen LogP contribution in [0.1, 0.15) is 24.8 Å². The summed E-state index contributed by atoms with van der Waals surface area (Å²) < 4.78 is 5.58. The van der Waals surface area contributed by atoms with E-state index in [4.69, 9.17) is 10.5 Å². The third-order valence-electron chi connectivity index (χ3n) is 4.12. The summed E-state index contributed by atoms with van der Waals surface area (Å²) in [5.41, 5.74) is 8.67. The van der Waals surface area contributed by atoms with Crippen molar-refractivity contribution in [2.45, 2.75) is 31.7 Å². The minimum Gasteiger partial charge on any atom is -0.381 e. The number of likely N-dealkylation sites (N-methyl/N-ethyl adjacent to an activating group) is 1. The Morgan fingerprint density at radius 2 is 2.17 bits per heavy atom. The van der Waals surface area contributed by atoms with Crippen LogP contribution in [0.15, 0.2) is 24.3 Å². The van der Waals surface area contributed by atoms with E-state index < -0.39 is 0 Å². The van der Waals surface area contributed by atoms with Gasteiger partial charge in [-0.1, -0.05) is 12.1 Å². The molecule has 0 amide bonds. The molecule has 1 aromatic rings. The Morgan fingerprint density at radius 1 is 1.33 bits per heavy atom. The molecule has 2 rings (SSSR count). The van der Waals surface area contributed by atoms with E-state index >= 15 is 0 Å². The molecular weight excluding hydrogens is 224 g/mol. The lowest BCUT2D eigenvalue weighted by atomic mass is 9.88. The van der Waals surface area contributed by atoms with Gasteiger partial charge >= 0.3 is 0 Å². The molecule has 0 aliphatic carbocycles. The molecule has 0 bridgehead atoms. The number of aryl methyl sites for hydroxylation is 1. The van der Waals surface area contributed by atoms with Crippen LogP contribution in [0.4, 0.5) is 5.69 Å².